The van der Waals surface area contributed by atoms with Gasteiger partial charge in [0.1, 0.15) is 0 Å². The van der Waals surface area contributed by atoms with Crippen molar-refractivity contribution in [3.05, 3.63) is 30.1 Å². The lowest BCUT2D eigenvalue weighted by Crippen LogP contribution is -2.29. The number of hydrogen-bond acceptors (Lipinski definition) is 2. The second-order valence-corrected chi connectivity index (χ2v) is 5.80. The summed E-state index contributed by atoms with van der Waals surface area (Å²) in [5.74, 6) is 0.265. The van der Waals surface area contributed by atoms with Crippen molar-refractivity contribution in [2.24, 2.45) is 5.92 Å². The molecule has 2 rings (SSSR count). The molecule has 0 fully saturated rings. The fraction of sp³-hybridized carbons (Fsp3) is 0.529. The van der Waals surface area contributed by atoms with E-state index >= 15 is 0 Å². The molecule has 0 saturated heterocycles. The molecule has 0 aliphatic heterocycles. The Hall–Kier alpha value is -1.84. The summed E-state index contributed by atoms with van der Waals surface area (Å²) in [4.78, 5) is 16.5. The molecule has 1 heterocycles. The molecule has 0 bridgehead atoms. The second kappa shape index (κ2) is 6.74. The molecule has 1 aromatic heterocycles. The maximum absolute atomic E-state index is 12.0. The maximum atomic E-state index is 12.0. The van der Waals surface area contributed by atoms with E-state index in [1.54, 1.807) is 0 Å². The maximum Gasteiger partial charge on any atom is 0.223 e. The summed E-state index contributed by atoms with van der Waals surface area (Å²) in [5.41, 5.74) is 3.22. The summed E-state index contributed by atoms with van der Waals surface area (Å²) in [6, 6.07) is 6.61. The Morgan fingerprint density at radius 1 is 1.29 bits per heavy atom. The van der Waals surface area contributed by atoms with Crippen molar-refractivity contribution < 1.29 is 4.79 Å². The Labute approximate surface area is 126 Å². The fourth-order valence-corrected chi connectivity index (χ4v) is 2.59. The lowest BCUT2D eigenvalue weighted by Gasteiger charge is -2.13. The molecular weight excluding hydrogens is 262 g/mol. The van der Waals surface area contributed by atoms with Gasteiger partial charge in [0.15, 0.2) is 0 Å². The first-order chi connectivity index (χ1) is 10.1. The monoisotopic (exact) mass is 287 g/mol. The number of fused-ring (bicyclic) bond motifs is 1. The molecule has 114 valence electrons. The zero-order valence-corrected chi connectivity index (χ0v) is 13.4. The summed E-state index contributed by atoms with van der Waals surface area (Å²) >= 11 is 0. The molecule has 4 heteroatoms. The number of carbonyl (C=O) groups is 1. The molecule has 1 amide bonds. The van der Waals surface area contributed by atoms with E-state index in [-0.39, 0.29) is 11.8 Å². The van der Waals surface area contributed by atoms with Crippen LogP contribution in [0.2, 0.25) is 0 Å². The van der Waals surface area contributed by atoms with Gasteiger partial charge in [0.2, 0.25) is 5.91 Å². The van der Waals surface area contributed by atoms with Gasteiger partial charge in [-0.25, -0.2) is 4.98 Å². The number of carbonyl (C=O) groups excluding carboxylic acids is 1. The smallest absolute Gasteiger partial charge is 0.223 e. The van der Waals surface area contributed by atoms with E-state index < -0.39 is 0 Å². The Kier molecular flexibility index (Phi) is 4.99. The molecule has 1 N–H and O–H groups in total. The predicted octanol–water partition coefficient (Wildman–Crippen LogP) is 3.67. The zero-order valence-electron chi connectivity index (χ0n) is 13.4. The van der Waals surface area contributed by atoms with Crippen molar-refractivity contribution in [1.82, 2.24) is 14.9 Å². The van der Waals surface area contributed by atoms with Gasteiger partial charge in [-0.15, -0.1) is 0 Å². The molecule has 0 spiro atoms. The highest BCUT2D eigenvalue weighted by Crippen LogP contribution is 2.19. The molecule has 0 radical (unpaired) electrons. The number of imidazole rings is 1. The number of rotatable bonds is 6. The fourth-order valence-electron chi connectivity index (χ4n) is 2.59. The van der Waals surface area contributed by atoms with Crippen LogP contribution in [0.3, 0.4) is 0 Å². The summed E-state index contributed by atoms with van der Waals surface area (Å²) in [7, 11) is 0. The highest BCUT2D eigenvalue weighted by Gasteiger charge is 2.13. The van der Waals surface area contributed by atoms with Gasteiger partial charge in [0.25, 0.3) is 0 Å². The summed E-state index contributed by atoms with van der Waals surface area (Å²) < 4.78 is 2.15. The van der Waals surface area contributed by atoms with Crippen molar-refractivity contribution in [2.75, 3.05) is 0 Å². The van der Waals surface area contributed by atoms with Crippen molar-refractivity contribution >= 4 is 16.9 Å². The van der Waals surface area contributed by atoms with Gasteiger partial charge in [0.05, 0.1) is 17.4 Å². The van der Waals surface area contributed by atoms with E-state index in [0.717, 1.165) is 29.4 Å². The molecule has 2 aromatic rings. The predicted molar refractivity (Wildman–Crippen MR) is 86.0 cm³/mol. The quantitative estimate of drug-likeness (QED) is 0.881. The molecule has 0 unspecified atom stereocenters. The number of nitrogens with zero attached hydrogens (tertiary/aromatic N) is 2. The van der Waals surface area contributed by atoms with Crippen molar-refractivity contribution in [3.8, 4) is 0 Å². The van der Waals surface area contributed by atoms with Crippen molar-refractivity contribution in [2.45, 2.75) is 53.1 Å². The van der Waals surface area contributed by atoms with E-state index in [9.17, 15) is 4.79 Å². The van der Waals surface area contributed by atoms with Gasteiger partial charge in [-0.05, 0) is 44.4 Å². The number of aromatic nitrogens is 2. The van der Waals surface area contributed by atoms with Crippen LogP contribution in [0.1, 0.15) is 52.1 Å². The normalized spacial score (nSPS) is 11.5. The summed E-state index contributed by atoms with van der Waals surface area (Å²) in [6.45, 7) is 8.96. The zero-order chi connectivity index (χ0) is 15.4. The molecule has 0 saturated carbocycles. The lowest BCUT2D eigenvalue weighted by atomic mass is 10.0. The van der Waals surface area contributed by atoms with Crippen LogP contribution in [-0.4, -0.2) is 15.5 Å². The Morgan fingerprint density at radius 3 is 2.62 bits per heavy atom. The molecular formula is C17H25N3O. The summed E-state index contributed by atoms with van der Waals surface area (Å²) in [5, 5.41) is 3.02. The molecule has 4 nitrogen and oxygen atoms in total. The van der Waals surface area contributed by atoms with Crippen LogP contribution < -0.4 is 5.32 Å². The van der Waals surface area contributed by atoms with Crippen LogP contribution >= 0.6 is 0 Å². The van der Waals surface area contributed by atoms with E-state index in [4.69, 9.17) is 0 Å². The molecule has 0 aliphatic rings. The van der Waals surface area contributed by atoms with E-state index in [2.05, 4.69) is 60.8 Å². The SMILES string of the molecule is CCC(CC)C(=O)NCc1ccc2c(c1)ncn2C(C)C. The standard InChI is InChI=1S/C17H25N3O/c1-5-14(6-2)17(21)18-10-13-7-8-16-15(9-13)19-11-20(16)12(3)4/h7-9,11-12,14H,5-6,10H2,1-4H3,(H,18,21). The van der Waals surface area contributed by atoms with Crippen LogP contribution in [-0.2, 0) is 11.3 Å². The van der Waals surface area contributed by atoms with E-state index in [0.29, 0.717) is 12.6 Å². The van der Waals surface area contributed by atoms with Gasteiger partial charge in [-0.1, -0.05) is 19.9 Å². The average molecular weight is 287 g/mol. The Balaban J connectivity index is 2.08. The minimum atomic E-state index is 0.119. The lowest BCUT2D eigenvalue weighted by molar-refractivity contribution is -0.125. The van der Waals surface area contributed by atoms with Gasteiger partial charge < -0.3 is 9.88 Å². The van der Waals surface area contributed by atoms with Gasteiger partial charge in [0, 0.05) is 18.5 Å². The number of amides is 1. The minimum absolute atomic E-state index is 0.119. The van der Waals surface area contributed by atoms with Gasteiger partial charge >= 0.3 is 0 Å². The second-order valence-electron chi connectivity index (χ2n) is 5.80. The largest absolute Gasteiger partial charge is 0.352 e. The number of hydrogen-bond donors (Lipinski definition) is 1. The Morgan fingerprint density at radius 2 is 2.00 bits per heavy atom. The highest BCUT2D eigenvalue weighted by molar-refractivity contribution is 5.79. The summed E-state index contributed by atoms with van der Waals surface area (Å²) in [6.07, 6.45) is 3.65. The van der Waals surface area contributed by atoms with Crippen LogP contribution in [0.5, 0.6) is 0 Å². The third-order valence-corrected chi connectivity index (χ3v) is 4.02. The molecule has 0 aliphatic carbocycles. The van der Waals surface area contributed by atoms with Crippen molar-refractivity contribution in [3.63, 3.8) is 0 Å². The van der Waals surface area contributed by atoms with Gasteiger partial charge in [-0.3, -0.25) is 4.79 Å². The first-order valence-corrected chi connectivity index (χ1v) is 7.80. The third-order valence-electron chi connectivity index (χ3n) is 4.02. The van der Waals surface area contributed by atoms with Crippen LogP contribution in [0.15, 0.2) is 24.5 Å². The number of nitrogens with one attached hydrogen (secondary N) is 1. The van der Waals surface area contributed by atoms with E-state index in [1.807, 2.05) is 6.33 Å². The number of benzene rings is 1. The van der Waals surface area contributed by atoms with Crippen LogP contribution in [0.4, 0.5) is 0 Å². The first kappa shape index (κ1) is 15.5. The third kappa shape index (κ3) is 3.43. The minimum Gasteiger partial charge on any atom is -0.352 e. The topological polar surface area (TPSA) is 46.9 Å². The average Bonchev–Trinajstić information content (AvgIpc) is 2.89. The highest BCUT2D eigenvalue weighted by atomic mass is 16.1. The van der Waals surface area contributed by atoms with Gasteiger partial charge in [-0.2, -0.15) is 0 Å². The molecule has 0 atom stereocenters. The van der Waals surface area contributed by atoms with Crippen molar-refractivity contribution in [1.29, 1.82) is 0 Å². The van der Waals surface area contributed by atoms with Crippen LogP contribution in [0.25, 0.3) is 11.0 Å². The molecule has 1 aromatic carbocycles. The first-order valence-electron chi connectivity index (χ1n) is 7.80. The van der Waals surface area contributed by atoms with E-state index in [1.165, 1.54) is 0 Å². The molecule has 21 heavy (non-hydrogen) atoms. The Bertz CT molecular complexity index is 612. The van der Waals surface area contributed by atoms with Crippen LogP contribution in [0, 0.1) is 5.92 Å².